The number of hydrogen-bond acceptors (Lipinski definition) is 5. The summed E-state index contributed by atoms with van der Waals surface area (Å²) in [6.45, 7) is 0.847. The average molecular weight is 336 g/mol. The third-order valence-electron chi connectivity index (χ3n) is 3.61. The van der Waals surface area contributed by atoms with Gasteiger partial charge < -0.3 is 25.0 Å². The summed E-state index contributed by atoms with van der Waals surface area (Å²) in [5.74, 6) is 1.59. The van der Waals surface area contributed by atoms with Crippen LogP contribution in [0.15, 0.2) is 42.5 Å². The van der Waals surface area contributed by atoms with E-state index in [0.717, 1.165) is 22.9 Å². The summed E-state index contributed by atoms with van der Waals surface area (Å²) in [6, 6.07) is 13.4. The number of fused-ring (bicyclic) bond motifs is 2. The Morgan fingerprint density at radius 2 is 1.78 bits per heavy atom. The molecule has 0 radical (unpaired) electrons. The summed E-state index contributed by atoms with van der Waals surface area (Å²) in [6.07, 6.45) is -0.672. The molecular formula is C17H18ClNO4. The van der Waals surface area contributed by atoms with Crippen LogP contribution in [0.25, 0.3) is 0 Å². The number of aliphatic hydroxyl groups excluding tert-OH is 2. The van der Waals surface area contributed by atoms with Gasteiger partial charge in [-0.25, -0.2) is 0 Å². The van der Waals surface area contributed by atoms with Crippen LogP contribution in [0.4, 0.5) is 11.4 Å². The number of hydrogen-bond donors (Lipinski definition) is 3. The Morgan fingerprint density at radius 3 is 2.52 bits per heavy atom. The van der Waals surface area contributed by atoms with Gasteiger partial charge in [0.15, 0.2) is 11.5 Å². The molecule has 0 aliphatic carbocycles. The van der Waals surface area contributed by atoms with Gasteiger partial charge in [0.1, 0.15) is 6.10 Å². The van der Waals surface area contributed by atoms with Gasteiger partial charge in [-0.05, 0) is 30.7 Å². The van der Waals surface area contributed by atoms with Crippen molar-refractivity contribution in [3.63, 3.8) is 0 Å². The number of para-hydroxylation sites is 2. The van der Waals surface area contributed by atoms with Crippen molar-refractivity contribution in [3.05, 3.63) is 47.5 Å². The molecule has 2 aromatic rings. The zero-order valence-electron chi connectivity index (χ0n) is 12.4. The molecule has 5 nitrogen and oxygen atoms in total. The molecule has 2 aliphatic heterocycles. The highest BCUT2D eigenvalue weighted by atomic mass is 35.5. The molecule has 2 unspecified atom stereocenters. The van der Waals surface area contributed by atoms with E-state index in [4.69, 9.17) is 31.3 Å². The smallest absolute Gasteiger partial charge is 0.152 e. The van der Waals surface area contributed by atoms with Gasteiger partial charge in [-0.3, -0.25) is 0 Å². The van der Waals surface area contributed by atoms with Gasteiger partial charge in [0.05, 0.1) is 24.1 Å². The number of nitrogens with one attached hydrogen (secondary N) is 1. The predicted octanol–water partition coefficient (Wildman–Crippen LogP) is 3.32. The van der Waals surface area contributed by atoms with Gasteiger partial charge in [-0.2, -0.15) is 0 Å². The lowest BCUT2D eigenvalue weighted by Crippen LogP contribution is -2.36. The Bertz CT molecular complexity index is 669. The van der Waals surface area contributed by atoms with Crippen LogP contribution in [0.5, 0.6) is 11.5 Å². The molecule has 0 bridgehead atoms. The van der Waals surface area contributed by atoms with Gasteiger partial charge >= 0.3 is 0 Å². The number of ether oxygens (including phenoxy) is 2. The van der Waals surface area contributed by atoms with E-state index in [9.17, 15) is 0 Å². The minimum atomic E-state index is -0.663. The second-order valence-corrected chi connectivity index (χ2v) is 5.80. The minimum Gasteiger partial charge on any atom is -0.453 e. The Morgan fingerprint density at radius 1 is 1.00 bits per heavy atom. The molecule has 0 amide bonds. The zero-order valence-corrected chi connectivity index (χ0v) is 13.2. The molecule has 0 aromatic heterocycles. The van der Waals surface area contributed by atoms with E-state index in [1.807, 2.05) is 36.4 Å². The van der Waals surface area contributed by atoms with Crippen molar-refractivity contribution in [3.8, 4) is 11.5 Å². The molecule has 23 heavy (non-hydrogen) atoms. The summed E-state index contributed by atoms with van der Waals surface area (Å²) in [5, 5.41) is 21.6. The summed E-state index contributed by atoms with van der Waals surface area (Å²) < 4.78 is 10.6. The van der Waals surface area contributed by atoms with E-state index >= 15 is 0 Å². The van der Waals surface area contributed by atoms with E-state index in [0.29, 0.717) is 18.1 Å². The van der Waals surface area contributed by atoms with Gasteiger partial charge in [0.2, 0.25) is 0 Å². The second-order valence-electron chi connectivity index (χ2n) is 5.36. The van der Waals surface area contributed by atoms with Crippen LogP contribution < -0.4 is 10.1 Å². The molecule has 1 fully saturated rings. The molecule has 122 valence electrons. The number of rotatable bonds is 0. The fourth-order valence-electron chi connectivity index (χ4n) is 2.32. The fourth-order valence-corrected chi connectivity index (χ4v) is 2.48. The molecular weight excluding hydrogens is 318 g/mol. The molecule has 3 N–H and O–H groups in total. The maximum atomic E-state index is 8.85. The van der Waals surface area contributed by atoms with Crippen molar-refractivity contribution in [2.75, 3.05) is 18.5 Å². The predicted molar refractivity (Wildman–Crippen MR) is 88.7 cm³/mol. The van der Waals surface area contributed by atoms with Gasteiger partial charge in [0, 0.05) is 17.7 Å². The van der Waals surface area contributed by atoms with E-state index in [1.54, 1.807) is 6.07 Å². The fraction of sp³-hybridized carbons (Fsp3) is 0.294. The molecule has 4 rings (SSSR count). The van der Waals surface area contributed by atoms with Crippen LogP contribution in [0, 0.1) is 0 Å². The summed E-state index contributed by atoms with van der Waals surface area (Å²) >= 11 is 5.90. The zero-order chi connectivity index (χ0) is 16.2. The van der Waals surface area contributed by atoms with Gasteiger partial charge in [-0.1, -0.05) is 23.7 Å². The molecule has 6 heteroatoms. The second kappa shape index (κ2) is 7.19. The van der Waals surface area contributed by atoms with Gasteiger partial charge in [0.25, 0.3) is 0 Å². The first-order valence-electron chi connectivity index (χ1n) is 7.41. The number of anilines is 2. The first-order chi connectivity index (χ1) is 11.1. The maximum Gasteiger partial charge on any atom is 0.152 e. The van der Waals surface area contributed by atoms with Crippen molar-refractivity contribution in [2.24, 2.45) is 0 Å². The van der Waals surface area contributed by atoms with Crippen molar-refractivity contribution >= 4 is 23.0 Å². The van der Waals surface area contributed by atoms with E-state index < -0.39 is 12.2 Å². The van der Waals surface area contributed by atoms with Crippen LogP contribution >= 0.6 is 11.6 Å². The molecule has 2 aromatic carbocycles. The summed E-state index contributed by atoms with van der Waals surface area (Å²) in [5.41, 5.74) is 1.92. The van der Waals surface area contributed by atoms with E-state index in [-0.39, 0.29) is 6.61 Å². The van der Waals surface area contributed by atoms with Crippen molar-refractivity contribution < 1.29 is 19.7 Å². The minimum absolute atomic E-state index is 0.279. The highest BCUT2D eigenvalue weighted by molar-refractivity contribution is 6.30. The van der Waals surface area contributed by atoms with Crippen LogP contribution in [-0.2, 0) is 4.74 Å². The van der Waals surface area contributed by atoms with Crippen LogP contribution in [0.2, 0.25) is 5.02 Å². The molecule has 2 aliphatic rings. The Labute approximate surface area is 139 Å². The third-order valence-corrected chi connectivity index (χ3v) is 3.85. The monoisotopic (exact) mass is 335 g/mol. The van der Waals surface area contributed by atoms with Crippen molar-refractivity contribution in [2.45, 2.75) is 18.6 Å². The molecule has 1 saturated heterocycles. The first-order valence-corrected chi connectivity index (χ1v) is 7.78. The quantitative estimate of drug-likeness (QED) is 0.588. The van der Waals surface area contributed by atoms with Gasteiger partial charge in [-0.15, -0.1) is 0 Å². The molecule has 2 heterocycles. The molecule has 0 spiro atoms. The van der Waals surface area contributed by atoms with Crippen LogP contribution in [0.1, 0.15) is 6.42 Å². The lowest BCUT2D eigenvalue weighted by atomic mass is 10.1. The summed E-state index contributed by atoms with van der Waals surface area (Å²) in [7, 11) is 0. The highest BCUT2D eigenvalue weighted by Crippen LogP contribution is 2.42. The van der Waals surface area contributed by atoms with Crippen LogP contribution in [0.3, 0.4) is 0 Å². The van der Waals surface area contributed by atoms with Crippen LogP contribution in [-0.4, -0.2) is 35.6 Å². The number of aliphatic hydroxyl groups is 2. The lowest BCUT2D eigenvalue weighted by Gasteiger charge is -2.22. The SMILES string of the molecule is Clc1ccc2c(c1)Oc1ccccc1N2.OC1CCOCC1O. The molecule has 2 atom stereocenters. The standard InChI is InChI=1S/C12H8ClNO.C5H10O3/c13-8-5-6-10-12(7-8)15-11-4-2-1-3-9(11)14-10;6-4-1-2-8-3-5(4)7/h1-7,14H;4-7H,1-3H2. The summed E-state index contributed by atoms with van der Waals surface area (Å²) in [4.78, 5) is 0. The Kier molecular flexibility index (Phi) is 5.03. The third kappa shape index (κ3) is 3.95. The average Bonchev–Trinajstić information content (AvgIpc) is 2.56. The topological polar surface area (TPSA) is 71.0 Å². The van der Waals surface area contributed by atoms with Crippen molar-refractivity contribution in [1.29, 1.82) is 0 Å². The lowest BCUT2D eigenvalue weighted by molar-refractivity contribution is -0.0852. The highest BCUT2D eigenvalue weighted by Gasteiger charge is 2.20. The first kappa shape index (κ1) is 16.1. The normalized spacial score (nSPS) is 21.7. The largest absolute Gasteiger partial charge is 0.453 e. The number of halogens is 1. The Balaban J connectivity index is 0.000000166. The van der Waals surface area contributed by atoms with Crippen molar-refractivity contribution in [1.82, 2.24) is 0 Å². The maximum absolute atomic E-state index is 8.85. The van der Waals surface area contributed by atoms with E-state index in [1.165, 1.54) is 0 Å². The molecule has 0 saturated carbocycles. The Hall–Kier alpha value is -1.79. The van der Waals surface area contributed by atoms with E-state index in [2.05, 4.69) is 5.32 Å². The number of benzene rings is 2.